The van der Waals surface area contributed by atoms with Gasteiger partial charge in [-0.1, -0.05) is 36.7 Å². The van der Waals surface area contributed by atoms with E-state index >= 15 is 0 Å². The van der Waals surface area contributed by atoms with Crippen molar-refractivity contribution >= 4 is 23.3 Å². The number of nitrogens with one attached hydrogen (secondary N) is 1. The van der Waals surface area contributed by atoms with Gasteiger partial charge in [-0.3, -0.25) is 4.79 Å². The minimum atomic E-state index is -0.705. The molecule has 0 saturated heterocycles. The van der Waals surface area contributed by atoms with Crippen LogP contribution >= 0.6 is 11.6 Å². The molecule has 0 aromatic heterocycles. The van der Waals surface area contributed by atoms with Crippen LogP contribution in [-0.2, 0) is 11.2 Å². The fraction of sp³-hybridized carbons (Fsp3) is 0.385. The summed E-state index contributed by atoms with van der Waals surface area (Å²) in [5.41, 5.74) is 4.95. The highest BCUT2D eigenvalue weighted by molar-refractivity contribution is 6.31. The number of benzene rings is 1. The van der Waals surface area contributed by atoms with Crippen LogP contribution in [0.25, 0.3) is 0 Å². The van der Waals surface area contributed by atoms with Crippen LogP contribution in [0.2, 0.25) is 5.02 Å². The highest BCUT2D eigenvalue weighted by atomic mass is 35.5. The van der Waals surface area contributed by atoms with Crippen molar-refractivity contribution in [2.45, 2.75) is 20.3 Å². The number of oxime groups is 1. The molecule has 1 amide bonds. The molecule has 0 saturated carbocycles. The molecule has 0 heterocycles. The molecule has 0 spiro atoms. The molecular formula is C13H17ClFN3O2. The maximum Gasteiger partial charge on any atom is 0.224 e. The molecule has 1 rings (SSSR count). The van der Waals surface area contributed by atoms with Crippen molar-refractivity contribution in [3.63, 3.8) is 0 Å². The van der Waals surface area contributed by atoms with E-state index in [1.807, 2.05) is 0 Å². The summed E-state index contributed by atoms with van der Waals surface area (Å²) in [5, 5.41) is 14.3. The predicted octanol–water partition coefficient (Wildman–Crippen LogP) is 1.91. The quantitative estimate of drug-likeness (QED) is 0.336. The number of carbonyl (C=O) groups excluding carboxylic acids is 1. The summed E-state index contributed by atoms with van der Waals surface area (Å²) in [5.74, 6) is -0.916. The number of hydrogen-bond acceptors (Lipinski definition) is 3. The van der Waals surface area contributed by atoms with Crippen molar-refractivity contribution in [2.24, 2.45) is 16.3 Å². The number of hydrogen-bond donors (Lipinski definition) is 3. The first-order valence-electron chi connectivity index (χ1n) is 5.95. The number of carbonyl (C=O) groups is 1. The number of amidine groups is 1. The van der Waals surface area contributed by atoms with E-state index in [2.05, 4.69) is 10.5 Å². The molecule has 0 unspecified atom stereocenters. The van der Waals surface area contributed by atoms with Gasteiger partial charge in [-0.15, -0.1) is 0 Å². The van der Waals surface area contributed by atoms with Gasteiger partial charge >= 0.3 is 0 Å². The second-order valence-corrected chi connectivity index (χ2v) is 5.43. The highest BCUT2D eigenvalue weighted by Gasteiger charge is 2.24. The van der Waals surface area contributed by atoms with Crippen molar-refractivity contribution in [3.05, 3.63) is 34.6 Å². The van der Waals surface area contributed by atoms with E-state index in [0.29, 0.717) is 0 Å². The lowest BCUT2D eigenvalue weighted by molar-refractivity contribution is -0.120. The Kier molecular flexibility index (Phi) is 5.33. The summed E-state index contributed by atoms with van der Waals surface area (Å²) in [6, 6.07) is 4.24. The molecule has 110 valence electrons. The van der Waals surface area contributed by atoms with Crippen LogP contribution in [-0.4, -0.2) is 23.5 Å². The number of halogens is 2. The highest BCUT2D eigenvalue weighted by Crippen LogP contribution is 2.19. The van der Waals surface area contributed by atoms with E-state index in [-0.39, 0.29) is 29.4 Å². The predicted molar refractivity (Wildman–Crippen MR) is 75.3 cm³/mol. The second-order valence-electron chi connectivity index (χ2n) is 5.02. The molecule has 0 aliphatic carbocycles. The molecule has 4 N–H and O–H groups in total. The van der Waals surface area contributed by atoms with Crippen molar-refractivity contribution in [2.75, 3.05) is 6.54 Å². The first kappa shape index (κ1) is 16.2. The summed E-state index contributed by atoms with van der Waals surface area (Å²) < 4.78 is 13.5. The molecule has 0 atom stereocenters. The Hall–Kier alpha value is -1.82. The third-order valence-corrected chi connectivity index (χ3v) is 3.28. The van der Waals surface area contributed by atoms with Gasteiger partial charge in [0.1, 0.15) is 11.7 Å². The smallest absolute Gasteiger partial charge is 0.224 e. The van der Waals surface area contributed by atoms with Gasteiger partial charge < -0.3 is 16.3 Å². The number of nitrogens with zero attached hydrogens (tertiary/aromatic N) is 1. The van der Waals surface area contributed by atoms with Crippen LogP contribution < -0.4 is 11.1 Å². The third kappa shape index (κ3) is 4.09. The molecule has 0 radical (unpaired) electrons. The van der Waals surface area contributed by atoms with E-state index < -0.39 is 17.1 Å². The zero-order valence-electron chi connectivity index (χ0n) is 11.3. The topological polar surface area (TPSA) is 87.7 Å². The van der Waals surface area contributed by atoms with Gasteiger partial charge in [0.15, 0.2) is 0 Å². The molecule has 0 aliphatic heterocycles. The summed E-state index contributed by atoms with van der Waals surface area (Å²) in [6.45, 7) is 3.57. The van der Waals surface area contributed by atoms with Gasteiger partial charge in [-0.25, -0.2) is 4.39 Å². The number of amides is 1. The molecular weight excluding hydrogens is 285 g/mol. The van der Waals surface area contributed by atoms with Gasteiger partial charge in [-0.2, -0.15) is 0 Å². The van der Waals surface area contributed by atoms with E-state index in [9.17, 15) is 9.18 Å². The average Bonchev–Trinajstić information content (AvgIpc) is 2.40. The van der Waals surface area contributed by atoms with Crippen molar-refractivity contribution in [1.82, 2.24) is 5.32 Å². The maximum atomic E-state index is 13.5. The van der Waals surface area contributed by atoms with E-state index in [1.54, 1.807) is 13.8 Å². The van der Waals surface area contributed by atoms with E-state index in [1.165, 1.54) is 18.2 Å². The normalized spacial score (nSPS) is 12.3. The standard InChI is InChI=1S/C13H17ClFN3O2/c1-13(2,12(16)18-20)7-17-11(19)6-8-9(14)4-3-5-10(8)15/h3-5,20H,6-7H2,1-2H3,(H2,16,18)(H,17,19). The Balaban J connectivity index is 2.66. The zero-order valence-corrected chi connectivity index (χ0v) is 12.0. The maximum absolute atomic E-state index is 13.5. The summed E-state index contributed by atoms with van der Waals surface area (Å²) >= 11 is 5.84. The Morgan fingerprint density at radius 1 is 1.55 bits per heavy atom. The molecule has 7 heteroatoms. The Bertz CT molecular complexity index is 512. The lowest BCUT2D eigenvalue weighted by Gasteiger charge is -2.23. The minimum absolute atomic E-state index is 0.00160. The van der Waals surface area contributed by atoms with Crippen molar-refractivity contribution in [3.8, 4) is 0 Å². The summed E-state index contributed by atoms with van der Waals surface area (Å²) in [7, 11) is 0. The van der Waals surface area contributed by atoms with Crippen LogP contribution in [0.4, 0.5) is 4.39 Å². The lowest BCUT2D eigenvalue weighted by atomic mass is 9.92. The minimum Gasteiger partial charge on any atom is -0.409 e. The Morgan fingerprint density at radius 3 is 2.75 bits per heavy atom. The Morgan fingerprint density at radius 2 is 2.20 bits per heavy atom. The first-order valence-corrected chi connectivity index (χ1v) is 6.33. The van der Waals surface area contributed by atoms with Crippen molar-refractivity contribution < 1.29 is 14.4 Å². The van der Waals surface area contributed by atoms with Crippen LogP contribution in [0, 0.1) is 11.2 Å². The summed E-state index contributed by atoms with van der Waals surface area (Å²) in [6.07, 6.45) is -0.169. The number of nitrogens with two attached hydrogens (primary N) is 1. The van der Waals surface area contributed by atoms with E-state index in [0.717, 1.165) is 0 Å². The van der Waals surface area contributed by atoms with Gasteiger partial charge in [0.25, 0.3) is 0 Å². The summed E-state index contributed by atoms with van der Waals surface area (Å²) in [4.78, 5) is 11.8. The largest absolute Gasteiger partial charge is 0.409 e. The first-order chi connectivity index (χ1) is 9.27. The average molecular weight is 302 g/mol. The monoisotopic (exact) mass is 301 g/mol. The van der Waals surface area contributed by atoms with Gasteiger partial charge in [0.05, 0.1) is 6.42 Å². The van der Waals surface area contributed by atoms with Crippen molar-refractivity contribution in [1.29, 1.82) is 0 Å². The van der Waals surface area contributed by atoms with Gasteiger partial charge in [-0.05, 0) is 12.1 Å². The van der Waals surface area contributed by atoms with Gasteiger partial charge in [0, 0.05) is 22.5 Å². The number of rotatable bonds is 5. The molecule has 5 nitrogen and oxygen atoms in total. The molecule has 0 bridgehead atoms. The van der Waals surface area contributed by atoms with Gasteiger partial charge in [0.2, 0.25) is 5.91 Å². The molecule has 0 aliphatic rings. The fourth-order valence-electron chi connectivity index (χ4n) is 1.47. The molecule has 1 aromatic rings. The zero-order chi connectivity index (χ0) is 15.3. The fourth-order valence-corrected chi connectivity index (χ4v) is 1.70. The van der Waals surface area contributed by atoms with Crippen LogP contribution in [0.3, 0.4) is 0 Å². The molecule has 0 fully saturated rings. The van der Waals surface area contributed by atoms with Crippen LogP contribution in [0.15, 0.2) is 23.4 Å². The third-order valence-electron chi connectivity index (χ3n) is 2.93. The van der Waals surface area contributed by atoms with Crippen LogP contribution in [0.5, 0.6) is 0 Å². The molecule has 20 heavy (non-hydrogen) atoms. The van der Waals surface area contributed by atoms with E-state index in [4.69, 9.17) is 22.5 Å². The van der Waals surface area contributed by atoms with Crippen LogP contribution in [0.1, 0.15) is 19.4 Å². The Labute approximate surface area is 121 Å². The second kappa shape index (κ2) is 6.56. The lowest BCUT2D eigenvalue weighted by Crippen LogP contribution is -2.43. The SMILES string of the molecule is CC(C)(CNC(=O)Cc1c(F)cccc1Cl)/C(N)=N/O. The molecule has 1 aromatic carbocycles.